The maximum absolute atomic E-state index is 5.08. The number of para-hydroxylation sites is 3. The summed E-state index contributed by atoms with van der Waals surface area (Å²) in [5, 5.41) is 4.82. The van der Waals surface area contributed by atoms with Crippen molar-refractivity contribution in [1.82, 2.24) is 18.7 Å². The molecule has 0 amide bonds. The van der Waals surface area contributed by atoms with Crippen LogP contribution in [0.4, 0.5) is 0 Å². The lowest BCUT2D eigenvalue weighted by Gasteiger charge is -2.15. The molecule has 0 aliphatic rings. The zero-order chi connectivity index (χ0) is 36.3. The Hall–Kier alpha value is -7.43. The molecule has 55 heavy (non-hydrogen) atoms. The third kappa shape index (κ3) is 5.03. The van der Waals surface area contributed by atoms with Crippen molar-refractivity contribution in [1.29, 1.82) is 0 Å². The van der Waals surface area contributed by atoms with Gasteiger partial charge in [0.15, 0.2) is 0 Å². The summed E-state index contributed by atoms with van der Waals surface area (Å²) in [4.78, 5) is 5.08. The van der Waals surface area contributed by atoms with E-state index in [1.165, 1.54) is 54.8 Å². The Morgan fingerprint density at radius 1 is 0.291 bits per heavy atom. The van der Waals surface area contributed by atoms with Crippen LogP contribution in [0.3, 0.4) is 0 Å². The topological polar surface area (TPSA) is 27.7 Å². The molecule has 258 valence electrons. The second-order valence-corrected chi connectivity index (χ2v) is 14.1. The predicted molar refractivity (Wildman–Crippen MR) is 229 cm³/mol. The molecular weight excluding hydrogens is 669 g/mol. The summed E-state index contributed by atoms with van der Waals surface area (Å²) in [6.45, 7) is 0. The zero-order valence-corrected chi connectivity index (χ0v) is 29.9. The van der Waals surface area contributed by atoms with Gasteiger partial charge in [-0.25, -0.2) is 4.98 Å². The maximum Gasteiger partial charge on any atom is 0.146 e. The van der Waals surface area contributed by atoms with Gasteiger partial charge < -0.3 is 4.57 Å². The Balaban J connectivity index is 1.14. The summed E-state index contributed by atoms with van der Waals surface area (Å²) < 4.78 is 7.11. The van der Waals surface area contributed by atoms with Gasteiger partial charge in [-0.1, -0.05) is 152 Å². The molecule has 0 bridgehead atoms. The fourth-order valence-electron chi connectivity index (χ4n) is 8.39. The summed E-state index contributed by atoms with van der Waals surface area (Å²) in [6.07, 6.45) is 2.02. The molecule has 0 radical (unpaired) electrons. The highest BCUT2D eigenvalue weighted by atomic mass is 15.2. The molecule has 4 nitrogen and oxygen atoms in total. The second-order valence-electron chi connectivity index (χ2n) is 14.1. The minimum atomic E-state index is 0.903. The van der Waals surface area contributed by atoms with E-state index in [-0.39, 0.29) is 0 Å². The first-order valence-corrected chi connectivity index (χ1v) is 18.7. The molecule has 0 spiro atoms. The summed E-state index contributed by atoms with van der Waals surface area (Å²) in [5.41, 5.74) is 12.7. The van der Waals surface area contributed by atoms with Gasteiger partial charge in [0.05, 0.1) is 28.3 Å². The first-order chi connectivity index (χ1) is 27.3. The Labute approximate surface area is 318 Å². The lowest BCUT2D eigenvalue weighted by atomic mass is 10.00. The Kier molecular flexibility index (Phi) is 7.14. The Bertz CT molecular complexity index is 3170. The number of fused-ring (bicyclic) bond motifs is 6. The van der Waals surface area contributed by atoms with Crippen LogP contribution in [0, 0.1) is 0 Å². The van der Waals surface area contributed by atoms with Crippen LogP contribution in [0.25, 0.3) is 94.4 Å². The molecule has 3 heterocycles. The van der Waals surface area contributed by atoms with Crippen molar-refractivity contribution in [2.24, 2.45) is 0 Å². The highest BCUT2D eigenvalue weighted by Gasteiger charge is 2.22. The smallest absolute Gasteiger partial charge is 0.146 e. The lowest BCUT2D eigenvalue weighted by Crippen LogP contribution is -2.05. The van der Waals surface area contributed by atoms with Gasteiger partial charge >= 0.3 is 0 Å². The molecule has 0 fully saturated rings. The van der Waals surface area contributed by atoms with Gasteiger partial charge in [0, 0.05) is 38.5 Å². The minimum Gasteiger partial charge on any atom is -0.309 e. The minimum absolute atomic E-state index is 0.903. The summed E-state index contributed by atoms with van der Waals surface area (Å²) in [5.74, 6) is 1.89. The van der Waals surface area contributed by atoms with Gasteiger partial charge in [0.25, 0.3) is 0 Å². The molecule has 4 heteroatoms. The molecule has 0 unspecified atom stereocenters. The van der Waals surface area contributed by atoms with Crippen LogP contribution < -0.4 is 0 Å². The summed E-state index contributed by atoms with van der Waals surface area (Å²) in [6, 6.07) is 71.7. The van der Waals surface area contributed by atoms with Crippen LogP contribution >= 0.6 is 0 Å². The molecule has 0 aliphatic carbocycles. The average molecular weight is 703 g/mol. The molecule has 0 saturated carbocycles. The lowest BCUT2D eigenvalue weighted by molar-refractivity contribution is 0.978. The Morgan fingerprint density at radius 3 is 1.42 bits per heavy atom. The van der Waals surface area contributed by atoms with Crippen LogP contribution in [0.15, 0.2) is 206 Å². The van der Waals surface area contributed by atoms with Crippen LogP contribution in [0.2, 0.25) is 0 Å². The SMILES string of the molecule is c1ccc(-c2ccc(-c3cccc(-n4c5ccccc5c5cc6c(cc54)c4ccccc4n6-c4cnc(-c5ccccc5)n4-c4ccccc4)c3)cc2)cc1. The van der Waals surface area contributed by atoms with E-state index in [1.807, 2.05) is 12.3 Å². The van der Waals surface area contributed by atoms with E-state index in [0.717, 1.165) is 39.6 Å². The van der Waals surface area contributed by atoms with Crippen molar-refractivity contribution in [2.75, 3.05) is 0 Å². The number of benzene rings is 8. The van der Waals surface area contributed by atoms with E-state index in [9.17, 15) is 0 Å². The van der Waals surface area contributed by atoms with Crippen LogP contribution in [-0.2, 0) is 0 Å². The number of imidazole rings is 1. The van der Waals surface area contributed by atoms with Crippen molar-refractivity contribution in [3.8, 4) is 50.8 Å². The van der Waals surface area contributed by atoms with Crippen molar-refractivity contribution in [2.45, 2.75) is 0 Å². The van der Waals surface area contributed by atoms with Crippen molar-refractivity contribution >= 4 is 43.6 Å². The standard InChI is InChI=1S/C51H34N4/c1-4-15-35(16-5-1)36-27-29-37(30-28-36)39-19-14-22-41(31-39)53-46-25-12-10-23-42(46)44-33-49-45(32-48(44)53)43-24-11-13-26-47(43)55(49)50-34-52-51(38-17-6-2-7-18-38)54(50)40-20-8-3-9-21-40/h1-34H. The summed E-state index contributed by atoms with van der Waals surface area (Å²) in [7, 11) is 0. The van der Waals surface area contributed by atoms with Crippen molar-refractivity contribution in [3.05, 3.63) is 206 Å². The number of rotatable bonds is 6. The molecule has 0 atom stereocenters. The third-order valence-corrected chi connectivity index (χ3v) is 10.9. The predicted octanol–water partition coefficient (Wildman–Crippen LogP) is 13.1. The van der Waals surface area contributed by atoms with Crippen LogP contribution in [0.5, 0.6) is 0 Å². The van der Waals surface area contributed by atoms with E-state index >= 15 is 0 Å². The van der Waals surface area contributed by atoms with E-state index in [0.29, 0.717) is 0 Å². The van der Waals surface area contributed by atoms with Gasteiger partial charge in [-0.05, 0) is 70.8 Å². The number of nitrogens with zero attached hydrogens (tertiary/aromatic N) is 4. The molecular formula is C51H34N4. The molecule has 8 aromatic carbocycles. The number of aromatic nitrogens is 4. The normalized spacial score (nSPS) is 11.6. The van der Waals surface area contributed by atoms with Gasteiger partial charge in [0.2, 0.25) is 0 Å². The summed E-state index contributed by atoms with van der Waals surface area (Å²) >= 11 is 0. The van der Waals surface area contributed by atoms with E-state index in [2.05, 4.69) is 208 Å². The third-order valence-electron chi connectivity index (χ3n) is 10.9. The van der Waals surface area contributed by atoms with E-state index in [1.54, 1.807) is 0 Å². The molecule has 11 aromatic rings. The van der Waals surface area contributed by atoms with Gasteiger partial charge in [0.1, 0.15) is 11.6 Å². The first-order valence-electron chi connectivity index (χ1n) is 18.7. The fraction of sp³-hybridized carbons (Fsp3) is 0. The molecule has 11 rings (SSSR count). The van der Waals surface area contributed by atoms with Crippen LogP contribution in [-0.4, -0.2) is 18.7 Å². The van der Waals surface area contributed by atoms with E-state index in [4.69, 9.17) is 4.98 Å². The quantitative estimate of drug-likeness (QED) is 0.169. The van der Waals surface area contributed by atoms with Gasteiger partial charge in [-0.2, -0.15) is 0 Å². The molecule has 3 aromatic heterocycles. The van der Waals surface area contributed by atoms with Crippen LogP contribution in [0.1, 0.15) is 0 Å². The largest absolute Gasteiger partial charge is 0.309 e. The second kappa shape index (κ2) is 12.6. The highest BCUT2D eigenvalue weighted by molar-refractivity contribution is 6.19. The van der Waals surface area contributed by atoms with E-state index < -0.39 is 0 Å². The average Bonchev–Trinajstić information content (AvgIpc) is 3.94. The van der Waals surface area contributed by atoms with Gasteiger partial charge in [-0.15, -0.1) is 0 Å². The monoisotopic (exact) mass is 702 g/mol. The maximum atomic E-state index is 5.08. The van der Waals surface area contributed by atoms with Crippen molar-refractivity contribution < 1.29 is 0 Å². The van der Waals surface area contributed by atoms with Gasteiger partial charge in [-0.3, -0.25) is 9.13 Å². The zero-order valence-electron chi connectivity index (χ0n) is 29.9. The van der Waals surface area contributed by atoms with Crippen molar-refractivity contribution in [3.63, 3.8) is 0 Å². The fourth-order valence-corrected chi connectivity index (χ4v) is 8.39. The Morgan fingerprint density at radius 2 is 0.764 bits per heavy atom. The highest BCUT2D eigenvalue weighted by Crippen LogP contribution is 2.41. The molecule has 0 aliphatic heterocycles. The number of hydrogen-bond donors (Lipinski definition) is 0. The number of hydrogen-bond acceptors (Lipinski definition) is 1. The first kappa shape index (κ1) is 31.1. The molecule has 0 saturated heterocycles. The molecule has 0 N–H and O–H groups in total.